The maximum Gasteiger partial charge on any atom is 0.243 e. The van der Waals surface area contributed by atoms with E-state index in [0.29, 0.717) is 19.4 Å². The van der Waals surface area contributed by atoms with Crippen LogP contribution in [0.5, 0.6) is 0 Å². The van der Waals surface area contributed by atoms with Crippen LogP contribution in [-0.2, 0) is 11.3 Å². The summed E-state index contributed by atoms with van der Waals surface area (Å²) in [5, 5.41) is 11.4. The monoisotopic (exact) mass is 277 g/mol. The third-order valence-corrected chi connectivity index (χ3v) is 4.45. The number of hydrogen-bond donors (Lipinski definition) is 0. The molecule has 1 aliphatic rings. The van der Waals surface area contributed by atoms with Crippen molar-refractivity contribution in [3.05, 3.63) is 16.6 Å². The zero-order chi connectivity index (χ0) is 13.7. The van der Waals surface area contributed by atoms with Gasteiger partial charge in [-0.3, -0.25) is 4.79 Å². The minimum Gasteiger partial charge on any atom is -0.338 e. The first kappa shape index (κ1) is 14.0. The van der Waals surface area contributed by atoms with Crippen molar-refractivity contribution in [3.8, 4) is 6.07 Å². The predicted molar refractivity (Wildman–Crippen MR) is 74.3 cm³/mol. The first-order valence-corrected chi connectivity index (χ1v) is 7.66. The van der Waals surface area contributed by atoms with Gasteiger partial charge >= 0.3 is 0 Å². The Morgan fingerprint density at radius 3 is 2.68 bits per heavy atom. The second-order valence-electron chi connectivity index (χ2n) is 5.25. The molecule has 19 heavy (non-hydrogen) atoms. The molecule has 4 nitrogen and oxygen atoms in total. The van der Waals surface area contributed by atoms with Gasteiger partial charge in [-0.2, -0.15) is 5.26 Å². The Morgan fingerprint density at radius 1 is 1.47 bits per heavy atom. The number of nitrogens with zero attached hydrogens (tertiary/aromatic N) is 3. The molecule has 1 aromatic heterocycles. The molecule has 0 spiro atoms. The van der Waals surface area contributed by atoms with Crippen molar-refractivity contribution in [2.75, 3.05) is 7.05 Å². The van der Waals surface area contributed by atoms with Crippen LogP contribution in [0.1, 0.15) is 44.2 Å². The summed E-state index contributed by atoms with van der Waals surface area (Å²) >= 11 is 1.52. The summed E-state index contributed by atoms with van der Waals surface area (Å²) in [6.45, 7) is 0.492. The topological polar surface area (TPSA) is 57.0 Å². The molecule has 5 heteroatoms. The summed E-state index contributed by atoms with van der Waals surface area (Å²) in [6, 6.07) is 2.31. The number of aromatic nitrogens is 1. The van der Waals surface area contributed by atoms with Crippen LogP contribution in [0.4, 0.5) is 0 Å². The second kappa shape index (κ2) is 6.16. The number of carbonyl (C=O) groups is 1. The van der Waals surface area contributed by atoms with Gasteiger partial charge in [0.15, 0.2) is 0 Å². The first-order valence-electron chi connectivity index (χ1n) is 6.72. The lowest BCUT2D eigenvalue weighted by atomic mass is 9.80. The molecule has 102 valence electrons. The highest BCUT2D eigenvalue weighted by molar-refractivity contribution is 7.07. The highest BCUT2D eigenvalue weighted by Crippen LogP contribution is 2.36. The normalized spacial score (nSPS) is 18.3. The molecule has 0 aliphatic heterocycles. The summed E-state index contributed by atoms with van der Waals surface area (Å²) in [6.07, 6.45) is 5.61. The maximum atomic E-state index is 12.6. The van der Waals surface area contributed by atoms with Gasteiger partial charge in [-0.1, -0.05) is 25.7 Å². The molecule has 1 heterocycles. The SMILES string of the molecule is CN(Cc1cscn1)C(=O)C1(C#N)CCCCCC1. The zero-order valence-corrected chi connectivity index (χ0v) is 12.1. The van der Waals surface area contributed by atoms with E-state index in [1.54, 1.807) is 17.5 Å². The van der Waals surface area contributed by atoms with Crippen molar-refractivity contribution < 1.29 is 4.79 Å². The van der Waals surface area contributed by atoms with Crippen molar-refractivity contribution in [2.24, 2.45) is 5.41 Å². The number of carbonyl (C=O) groups excluding carboxylic acids is 1. The maximum absolute atomic E-state index is 12.6. The molecule has 0 aromatic carbocycles. The molecule has 1 aromatic rings. The van der Waals surface area contributed by atoms with Gasteiger partial charge in [-0.25, -0.2) is 4.98 Å². The number of amides is 1. The standard InChI is InChI=1S/C14H19N3OS/c1-17(8-12-9-19-11-16-12)13(18)14(10-15)6-4-2-3-5-7-14/h9,11H,2-8H2,1H3. The number of hydrogen-bond acceptors (Lipinski definition) is 4. The summed E-state index contributed by atoms with van der Waals surface area (Å²) in [7, 11) is 1.77. The molecule has 1 aliphatic carbocycles. The average molecular weight is 277 g/mol. The molecule has 0 radical (unpaired) electrons. The van der Waals surface area contributed by atoms with Crippen molar-refractivity contribution in [1.29, 1.82) is 5.26 Å². The Kier molecular flexibility index (Phi) is 4.54. The third kappa shape index (κ3) is 3.13. The van der Waals surface area contributed by atoms with Crippen molar-refractivity contribution in [2.45, 2.75) is 45.1 Å². The fraction of sp³-hybridized carbons (Fsp3) is 0.643. The minimum atomic E-state index is -0.804. The number of rotatable bonds is 3. The van der Waals surface area contributed by atoms with Crippen LogP contribution in [0, 0.1) is 16.7 Å². The molecular formula is C14H19N3OS. The Morgan fingerprint density at radius 2 is 2.16 bits per heavy atom. The smallest absolute Gasteiger partial charge is 0.243 e. The molecule has 0 bridgehead atoms. The second-order valence-corrected chi connectivity index (χ2v) is 5.97. The van der Waals surface area contributed by atoms with Gasteiger partial charge in [-0.15, -0.1) is 11.3 Å². The first-order chi connectivity index (χ1) is 9.18. The van der Waals surface area contributed by atoms with Gasteiger partial charge in [0.05, 0.1) is 23.8 Å². The molecule has 0 atom stereocenters. The lowest BCUT2D eigenvalue weighted by molar-refractivity contribution is -0.139. The molecule has 0 N–H and O–H groups in total. The minimum absolute atomic E-state index is 0.0371. The highest BCUT2D eigenvalue weighted by Gasteiger charge is 2.40. The number of thiazole rings is 1. The summed E-state index contributed by atoms with van der Waals surface area (Å²) in [5.41, 5.74) is 1.85. The van der Waals surface area contributed by atoms with E-state index in [1.807, 2.05) is 5.38 Å². The van der Waals surface area contributed by atoms with Gasteiger partial charge in [0.25, 0.3) is 0 Å². The molecule has 1 saturated carbocycles. The molecule has 2 rings (SSSR count). The predicted octanol–water partition coefficient (Wildman–Crippen LogP) is 2.97. The van der Waals surface area contributed by atoms with E-state index in [-0.39, 0.29) is 5.91 Å². The van der Waals surface area contributed by atoms with Crippen LogP contribution < -0.4 is 0 Å². The average Bonchev–Trinajstić information content (AvgIpc) is 2.80. The fourth-order valence-corrected chi connectivity index (χ4v) is 3.25. The third-order valence-electron chi connectivity index (χ3n) is 3.81. The van der Waals surface area contributed by atoms with E-state index in [0.717, 1.165) is 31.4 Å². The van der Waals surface area contributed by atoms with E-state index in [4.69, 9.17) is 0 Å². The van der Waals surface area contributed by atoms with Crippen LogP contribution in [0.25, 0.3) is 0 Å². The van der Waals surface area contributed by atoms with Crippen molar-refractivity contribution in [1.82, 2.24) is 9.88 Å². The fourth-order valence-electron chi connectivity index (χ4n) is 2.70. The van der Waals surface area contributed by atoms with E-state index in [9.17, 15) is 10.1 Å². The van der Waals surface area contributed by atoms with Gasteiger partial charge in [-0.05, 0) is 12.8 Å². The summed E-state index contributed by atoms with van der Waals surface area (Å²) in [4.78, 5) is 18.5. The number of nitriles is 1. The molecule has 0 saturated heterocycles. The molecule has 1 amide bonds. The van der Waals surface area contributed by atoms with Crippen molar-refractivity contribution >= 4 is 17.2 Å². The molecule has 0 unspecified atom stereocenters. The molecule has 1 fully saturated rings. The summed E-state index contributed by atoms with van der Waals surface area (Å²) < 4.78 is 0. The zero-order valence-electron chi connectivity index (χ0n) is 11.3. The lowest BCUT2D eigenvalue weighted by Crippen LogP contribution is -2.40. The van der Waals surface area contributed by atoms with Gasteiger partial charge in [0.2, 0.25) is 5.91 Å². The van der Waals surface area contributed by atoms with Crippen LogP contribution in [0.3, 0.4) is 0 Å². The Hall–Kier alpha value is -1.41. The largest absolute Gasteiger partial charge is 0.338 e. The van der Waals surface area contributed by atoms with Crippen molar-refractivity contribution in [3.63, 3.8) is 0 Å². The van der Waals surface area contributed by atoms with E-state index < -0.39 is 5.41 Å². The van der Waals surface area contributed by atoms with Crippen LogP contribution >= 0.6 is 11.3 Å². The highest BCUT2D eigenvalue weighted by atomic mass is 32.1. The van der Waals surface area contributed by atoms with E-state index >= 15 is 0 Å². The van der Waals surface area contributed by atoms with E-state index in [1.165, 1.54) is 11.3 Å². The van der Waals surface area contributed by atoms with Crippen LogP contribution in [-0.4, -0.2) is 22.8 Å². The molecular weight excluding hydrogens is 258 g/mol. The van der Waals surface area contributed by atoms with Gasteiger partial charge in [0, 0.05) is 12.4 Å². The lowest BCUT2D eigenvalue weighted by Gasteiger charge is -2.29. The van der Waals surface area contributed by atoms with E-state index in [2.05, 4.69) is 11.1 Å². The Balaban J connectivity index is 2.09. The summed E-state index contributed by atoms with van der Waals surface area (Å²) in [5.74, 6) is -0.0371. The van der Waals surface area contributed by atoms with Gasteiger partial charge < -0.3 is 4.90 Å². The Labute approximate surface area is 118 Å². The Bertz CT molecular complexity index is 456. The van der Waals surface area contributed by atoms with Crippen LogP contribution in [0.15, 0.2) is 10.9 Å². The van der Waals surface area contributed by atoms with Gasteiger partial charge in [0.1, 0.15) is 5.41 Å². The van der Waals surface area contributed by atoms with Crippen LogP contribution in [0.2, 0.25) is 0 Å². The quantitative estimate of drug-likeness (QED) is 0.798.